The van der Waals surface area contributed by atoms with Crippen molar-refractivity contribution in [3.8, 4) is 0 Å². The van der Waals surface area contributed by atoms with Crippen molar-refractivity contribution in [1.29, 1.82) is 0 Å². The van der Waals surface area contributed by atoms with Gasteiger partial charge in [-0.25, -0.2) is 0 Å². The Morgan fingerprint density at radius 3 is 2.40 bits per heavy atom. The van der Waals surface area contributed by atoms with Gasteiger partial charge in [-0.05, 0) is 48.9 Å². The zero-order valence-electron chi connectivity index (χ0n) is 11.5. The molecule has 2 nitrogen and oxygen atoms in total. The lowest BCUT2D eigenvalue weighted by molar-refractivity contribution is 0.338. The Labute approximate surface area is 130 Å². The molecule has 0 amide bonds. The summed E-state index contributed by atoms with van der Waals surface area (Å²) in [4.78, 5) is 6.26. The summed E-state index contributed by atoms with van der Waals surface area (Å²) >= 11 is 12.3. The number of pyridine rings is 1. The topological polar surface area (TPSA) is 16.1 Å². The van der Waals surface area contributed by atoms with Gasteiger partial charge in [-0.3, -0.25) is 4.98 Å². The van der Waals surface area contributed by atoms with Crippen molar-refractivity contribution < 1.29 is 0 Å². The molecule has 1 unspecified atom stereocenters. The van der Waals surface area contributed by atoms with Crippen LogP contribution in [0.15, 0.2) is 48.8 Å². The molecular formula is C16H18Cl2N2. The average Bonchev–Trinajstić information content (AvgIpc) is 2.47. The molecule has 4 heteroatoms. The quantitative estimate of drug-likeness (QED) is 0.744. The van der Waals surface area contributed by atoms with E-state index in [1.54, 1.807) is 0 Å². The van der Waals surface area contributed by atoms with Gasteiger partial charge in [0.25, 0.3) is 0 Å². The summed E-state index contributed by atoms with van der Waals surface area (Å²) < 4.78 is 0. The monoisotopic (exact) mass is 308 g/mol. The van der Waals surface area contributed by atoms with Gasteiger partial charge in [0.1, 0.15) is 0 Å². The number of benzene rings is 1. The fourth-order valence-electron chi connectivity index (χ4n) is 2.01. The minimum Gasteiger partial charge on any atom is -0.304 e. The Kier molecular flexibility index (Phi) is 5.84. The van der Waals surface area contributed by atoms with E-state index in [1.165, 1.54) is 5.56 Å². The lowest BCUT2D eigenvalue weighted by Crippen LogP contribution is -2.25. The molecule has 0 bridgehead atoms. The van der Waals surface area contributed by atoms with Crippen molar-refractivity contribution in [2.75, 3.05) is 20.1 Å². The number of aromatic nitrogens is 1. The number of alkyl halides is 1. The van der Waals surface area contributed by atoms with E-state index in [9.17, 15) is 0 Å². The Balaban J connectivity index is 1.82. The van der Waals surface area contributed by atoms with Gasteiger partial charge in [-0.2, -0.15) is 0 Å². The van der Waals surface area contributed by atoms with Crippen LogP contribution in [-0.2, 0) is 6.42 Å². The molecular weight excluding hydrogens is 291 g/mol. The third-order valence-corrected chi connectivity index (χ3v) is 3.88. The van der Waals surface area contributed by atoms with Crippen molar-refractivity contribution in [2.24, 2.45) is 0 Å². The third-order valence-electron chi connectivity index (χ3n) is 3.24. The molecule has 0 spiro atoms. The van der Waals surface area contributed by atoms with Crippen LogP contribution in [0.3, 0.4) is 0 Å². The molecule has 0 radical (unpaired) electrons. The average molecular weight is 309 g/mol. The highest BCUT2D eigenvalue weighted by molar-refractivity contribution is 6.30. The fraction of sp³-hybridized carbons (Fsp3) is 0.312. The molecule has 0 N–H and O–H groups in total. The first kappa shape index (κ1) is 15.3. The summed E-state index contributed by atoms with van der Waals surface area (Å²) in [5.41, 5.74) is 2.40. The van der Waals surface area contributed by atoms with Gasteiger partial charge in [-0.15, -0.1) is 11.6 Å². The molecule has 1 aromatic heterocycles. The maximum absolute atomic E-state index is 6.44. The summed E-state index contributed by atoms with van der Waals surface area (Å²) in [5.74, 6) is 0. The second kappa shape index (κ2) is 7.63. The number of hydrogen-bond donors (Lipinski definition) is 0. The van der Waals surface area contributed by atoms with Crippen molar-refractivity contribution in [1.82, 2.24) is 9.88 Å². The fourth-order valence-corrected chi connectivity index (χ4v) is 2.52. The maximum Gasteiger partial charge on any atom is 0.0712 e. The largest absolute Gasteiger partial charge is 0.304 e. The molecule has 2 rings (SSSR count). The smallest absolute Gasteiger partial charge is 0.0712 e. The van der Waals surface area contributed by atoms with Gasteiger partial charge in [0.15, 0.2) is 0 Å². The van der Waals surface area contributed by atoms with Gasteiger partial charge in [0.2, 0.25) is 0 Å². The number of halogens is 2. The Bertz CT molecular complexity index is 514. The van der Waals surface area contributed by atoms with Gasteiger partial charge >= 0.3 is 0 Å². The Hall–Kier alpha value is -1.09. The van der Waals surface area contributed by atoms with E-state index in [2.05, 4.69) is 16.9 Å². The van der Waals surface area contributed by atoms with Gasteiger partial charge in [-0.1, -0.05) is 23.7 Å². The number of likely N-dealkylation sites (N-methyl/N-ethyl adjacent to an activating group) is 1. The lowest BCUT2D eigenvalue weighted by atomic mass is 10.1. The second-order valence-corrected chi connectivity index (χ2v) is 5.85. The van der Waals surface area contributed by atoms with Crippen LogP contribution in [0.5, 0.6) is 0 Å². The molecule has 2 aromatic rings. The molecule has 1 heterocycles. The molecule has 0 aliphatic heterocycles. The first-order valence-corrected chi connectivity index (χ1v) is 7.43. The van der Waals surface area contributed by atoms with Crippen molar-refractivity contribution in [3.63, 3.8) is 0 Å². The van der Waals surface area contributed by atoms with Gasteiger partial charge < -0.3 is 4.90 Å². The molecule has 0 saturated carbocycles. The normalized spacial score (nSPS) is 12.6. The summed E-state index contributed by atoms with van der Waals surface area (Å²) in [6, 6.07) is 11.8. The molecule has 0 aliphatic rings. The summed E-state index contributed by atoms with van der Waals surface area (Å²) in [6.07, 6.45) is 4.66. The van der Waals surface area contributed by atoms with Gasteiger partial charge in [0, 0.05) is 30.5 Å². The van der Waals surface area contributed by atoms with Crippen LogP contribution in [-0.4, -0.2) is 30.0 Å². The van der Waals surface area contributed by atoms with Crippen molar-refractivity contribution >= 4 is 23.2 Å². The third kappa shape index (κ3) is 4.78. The Morgan fingerprint density at radius 2 is 1.75 bits per heavy atom. The molecule has 1 aromatic carbocycles. The standard InChI is InChI=1S/C16H18Cl2N2/c1-20(11-8-13-6-9-19-10-7-13)12-16(18)14-2-4-15(17)5-3-14/h2-7,9-10,16H,8,11-12H2,1H3. The minimum atomic E-state index is -0.0188. The highest BCUT2D eigenvalue weighted by Crippen LogP contribution is 2.22. The summed E-state index contributed by atoms with van der Waals surface area (Å²) in [7, 11) is 2.09. The predicted octanol–water partition coefficient (Wildman–Crippen LogP) is 4.19. The molecule has 106 valence electrons. The summed E-state index contributed by atoms with van der Waals surface area (Å²) in [6.45, 7) is 1.79. The van der Waals surface area contributed by atoms with Gasteiger partial charge in [0.05, 0.1) is 5.38 Å². The lowest BCUT2D eigenvalue weighted by Gasteiger charge is -2.20. The second-order valence-electron chi connectivity index (χ2n) is 4.89. The molecule has 20 heavy (non-hydrogen) atoms. The summed E-state index contributed by atoms with van der Waals surface area (Å²) in [5, 5.41) is 0.721. The zero-order valence-corrected chi connectivity index (χ0v) is 13.0. The van der Waals surface area contributed by atoms with Crippen LogP contribution in [0.4, 0.5) is 0 Å². The first-order valence-electron chi connectivity index (χ1n) is 6.62. The van der Waals surface area contributed by atoms with E-state index >= 15 is 0 Å². The predicted molar refractivity (Wildman–Crippen MR) is 85.5 cm³/mol. The maximum atomic E-state index is 6.44. The van der Waals surface area contributed by atoms with E-state index in [4.69, 9.17) is 23.2 Å². The molecule has 0 fully saturated rings. The first-order chi connectivity index (χ1) is 9.65. The van der Waals surface area contributed by atoms with Crippen LogP contribution in [0.2, 0.25) is 5.02 Å². The molecule has 0 aliphatic carbocycles. The number of nitrogens with zero attached hydrogens (tertiary/aromatic N) is 2. The van der Waals surface area contributed by atoms with Crippen LogP contribution in [0.25, 0.3) is 0 Å². The van der Waals surface area contributed by atoms with Crippen molar-refractivity contribution in [2.45, 2.75) is 11.8 Å². The van der Waals surface area contributed by atoms with Crippen molar-refractivity contribution in [3.05, 3.63) is 64.9 Å². The van der Waals surface area contributed by atoms with E-state index in [-0.39, 0.29) is 5.38 Å². The SMILES string of the molecule is CN(CCc1ccncc1)CC(Cl)c1ccc(Cl)cc1. The van der Waals surface area contributed by atoms with Crippen LogP contribution in [0.1, 0.15) is 16.5 Å². The van der Waals surface area contributed by atoms with E-state index in [0.717, 1.165) is 30.1 Å². The Morgan fingerprint density at radius 1 is 1.10 bits per heavy atom. The van der Waals surface area contributed by atoms with Crippen LogP contribution >= 0.6 is 23.2 Å². The number of hydrogen-bond acceptors (Lipinski definition) is 2. The minimum absolute atomic E-state index is 0.0188. The van der Waals surface area contributed by atoms with Crippen LogP contribution < -0.4 is 0 Å². The highest BCUT2D eigenvalue weighted by atomic mass is 35.5. The highest BCUT2D eigenvalue weighted by Gasteiger charge is 2.10. The van der Waals surface area contributed by atoms with Crippen LogP contribution in [0, 0.1) is 0 Å². The number of rotatable bonds is 6. The van der Waals surface area contributed by atoms with E-state index < -0.39 is 0 Å². The zero-order chi connectivity index (χ0) is 14.4. The molecule has 0 saturated heterocycles. The van der Waals surface area contributed by atoms with E-state index in [1.807, 2.05) is 48.8 Å². The van der Waals surface area contributed by atoms with E-state index in [0.29, 0.717) is 0 Å². The molecule has 1 atom stereocenters.